The zero-order valence-electron chi connectivity index (χ0n) is 8.16. The number of aliphatic imine (C=N–C) groups is 1. The van der Waals surface area contributed by atoms with Gasteiger partial charge in [-0.15, -0.1) is 0 Å². The van der Waals surface area contributed by atoms with E-state index in [0.717, 1.165) is 5.84 Å². The average molecular weight is 202 g/mol. The van der Waals surface area contributed by atoms with E-state index in [2.05, 4.69) is 4.99 Å². The summed E-state index contributed by atoms with van der Waals surface area (Å²) in [7, 11) is -0.746. The highest BCUT2D eigenvalue weighted by Gasteiger charge is 2.17. The molecule has 1 fully saturated rings. The number of rotatable bonds is 4. The molecule has 1 atom stereocenters. The van der Waals surface area contributed by atoms with E-state index < -0.39 is 10.8 Å². The number of nitrogens with two attached hydrogens (primary N) is 1. The normalized spacial score (nSPS) is 22.1. The first-order chi connectivity index (χ1) is 6.20. The second kappa shape index (κ2) is 5.37. The fraction of sp³-hybridized carbons (Fsp3) is 0.889. The van der Waals surface area contributed by atoms with Crippen molar-refractivity contribution in [2.75, 3.05) is 18.6 Å². The molecule has 0 saturated heterocycles. The Morgan fingerprint density at radius 3 is 2.69 bits per heavy atom. The maximum absolute atomic E-state index is 10.7. The second-order valence-electron chi connectivity index (χ2n) is 3.57. The molecule has 1 aliphatic carbocycles. The minimum atomic E-state index is -0.746. The summed E-state index contributed by atoms with van der Waals surface area (Å²) in [4.78, 5) is 4.25. The van der Waals surface area contributed by atoms with Gasteiger partial charge in [0.05, 0.1) is 12.4 Å². The van der Waals surface area contributed by atoms with Crippen LogP contribution in [0.1, 0.15) is 25.7 Å². The first-order valence-electron chi connectivity index (χ1n) is 4.80. The quantitative estimate of drug-likeness (QED) is 0.544. The van der Waals surface area contributed by atoms with Gasteiger partial charge >= 0.3 is 0 Å². The number of hydrogen-bond acceptors (Lipinski definition) is 2. The summed E-state index contributed by atoms with van der Waals surface area (Å²) >= 11 is 0. The van der Waals surface area contributed by atoms with Gasteiger partial charge < -0.3 is 5.73 Å². The van der Waals surface area contributed by atoms with Crippen molar-refractivity contribution in [1.29, 1.82) is 0 Å². The molecule has 0 aromatic heterocycles. The van der Waals surface area contributed by atoms with Crippen LogP contribution in [0.5, 0.6) is 0 Å². The Bertz CT molecular complexity index is 210. The minimum absolute atomic E-state index is 0.505. The van der Waals surface area contributed by atoms with Gasteiger partial charge in [0, 0.05) is 28.7 Å². The van der Waals surface area contributed by atoms with Crippen LogP contribution >= 0.6 is 0 Å². The molecular weight excluding hydrogens is 184 g/mol. The number of amidine groups is 1. The first-order valence-corrected chi connectivity index (χ1v) is 6.52. The molecule has 1 unspecified atom stereocenters. The van der Waals surface area contributed by atoms with Crippen LogP contribution in [0.15, 0.2) is 4.99 Å². The van der Waals surface area contributed by atoms with Gasteiger partial charge in [-0.05, 0) is 12.8 Å². The molecule has 0 radical (unpaired) electrons. The van der Waals surface area contributed by atoms with Gasteiger partial charge in [0.1, 0.15) is 0 Å². The van der Waals surface area contributed by atoms with E-state index in [1.54, 1.807) is 6.26 Å². The van der Waals surface area contributed by atoms with Gasteiger partial charge in [0.15, 0.2) is 0 Å². The molecule has 1 aliphatic rings. The van der Waals surface area contributed by atoms with Gasteiger partial charge in [-0.25, -0.2) is 0 Å². The molecule has 76 valence electrons. The molecule has 0 amide bonds. The molecule has 0 spiro atoms. The molecule has 13 heavy (non-hydrogen) atoms. The topological polar surface area (TPSA) is 55.5 Å². The maximum atomic E-state index is 10.7. The van der Waals surface area contributed by atoms with E-state index in [4.69, 9.17) is 5.73 Å². The summed E-state index contributed by atoms with van der Waals surface area (Å²) in [6, 6.07) is 0. The number of nitrogens with zero attached hydrogens (tertiary/aromatic N) is 1. The molecule has 0 aliphatic heterocycles. The molecule has 0 heterocycles. The van der Waals surface area contributed by atoms with E-state index in [1.165, 1.54) is 25.7 Å². The van der Waals surface area contributed by atoms with E-state index in [1.807, 2.05) is 0 Å². The molecule has 0 aromatic rings. The Morgan fingerprint density at radius 1 is 1.54 bits per heavy atom. The van der Waals surface area contributed by atoms with Crippen molar-refractivity contribution < 1.29 is 4.21 Å². The highest BCUT2D eigenvalue weighted by molar-refractivity contribution is 7.84. The summed E-state index contributed by atoms with van der Waals surface area (Å²) in [5, 5.41) is 0. The van der Waals surface area contributed by atoms with Crippen LogP contribution in [-0.4, -0.2) is 28.6 Å². The third kappa shape index (κ3) is 3.89. The molecule has 1 rings (SSSR count). The third-order valence-electron chi connectivity index (χ3n) is 2.45. The van der Waals surface area contributed by atoms with E-state index >= 15 is 0 Å². The second-order valence-corrected chi connectivity index (χ2v) is 5.12. The van der Waals surface area contributed by atoms with Crippen molar-refractivity contribution in [2.24, 2.45) is 16.6 Å². The summed E-state index contributed by atoms with van der Waals surface area (Å²) in [6.45, 7) is 0.617. The van der Waals surface area contributed by atoms with Crippen molar-refractivity contribution in [3.05, 3.63) is 0 Å². The monoisotopic (exact) mass is 202 g/mol. The zero-order chi connectivity index (χ0) is 9.68. The Kier molecular flexibility index (Phi) is 4.42. The Hall–Kier alpha value is -0.380. The lowest BCUT2D eigenvalue weighted by atomic mass is 10.1. The summed E-state index contributed by atoms with van der Waals surface area (Å²) < 4.78 is 10.7. The minimum Gasteiger partial charge on any atom is -0.387 e. The van der Waals surface area contributed by atoms with E-state index in [-0.39, 0.29) is 0 Å². The average Bonchev–Trinajstić information content (AvgIpc) is 2.55. The lowest BCUT2D eigenvalue weighted by Crippen LogP contribution is -2.22. The first kappa shape index (κ1) is 10.7. The van der Waals surface area contributed by atoms with E-state index in [9.17, 15) is 4.21 Å². The van der Waals surface area contributed by atoms with Gasteiger partial charge in [0.2, 0.25) is 0 Å². The predicted octanol–water partition coefficient (Wildman–Crippen LogP) is 0.912. The van der Waals surface area contributed by atoms with Crippen molar-refractivity contribution in [3.63, 3.8) is 0 Å². The third-order valence-corrected chi connectivity index (χ3v) is 3.20. The highest BCUT2D eigenvalue weighted by Crippen LogP contribution is 2.24. The van der Waals surface area contributed by atoms with Crippen LogP contribution in [-0.2, 0) is 10.8 Å². The van der Waals surface area contributed by atoms with Gasteiger partial charge in [-0.1, -0.05) is 12.8 Å². The Morgan fingerprint density at radius 2 is 2.15 bits per heavy atom. The predicted molar refractivity (Wildman–Crippen MR) is 57.4 cm³/mol. The highest BCUT2D eigenvalue weighted by atomic mass is 32.2. The lowest BCUT2D eigenvalue weighted by molar-refractivity contribution is 0.685. The van der Waals surface area contributed by atoms with Crippen molar-refractivity contribution in [2.45, 2.75) is 25.7 Å². The molecule has 0 bridgehead atoms. The Balaban J connectivity index is 2.28. The summed E-state index contributed by atoms with van der Waals surface area (Å²) in [6.07, 6.45) is 6.62. The van der Waals surface area contributed by atoms with Gasteiger partial charge in [-0.2, -0.15) is 0 Å². The van der Waals surface area contributed by atoms with Crippen LogP contribution in [0.3, 0.4) is 0 Å². The van der Waals surface area contributed by atoms with Gasteiger partial charge in [-0.3, -0.25) is 9.20 Å². The fourth-order valence-corrected chi connectivity index (χ4v) is 2.00. The summed E-state index contributed by atoms with van der Waals surface area (Å²) in [5.41, 5.74) is 5.82. The Labute approximate surface area is 82.3 Å². The molecule has 3 nitrogen and oxygen atoms in total. The van der Waals surface area contributed by atoms with Gasteiger partial charge in [0.25, 0.3) is 0 Å². The van der Waals surface area contributed by atoms with Crippen molar-refractivity contribution >= 4 is 16.6 Å². The van der Waals surface area contributed by atoms with Crippen LogP contribution in [0.2, 0.25) is 0 Å². The molecule has 0 aromatic carbocycles. The summed E-state index contributed by atoms with van der Waals surface area (Å²) in [5.74, 6) is 1.92. The zero-order valence-corrected chi connectivity index (χ0v) is 8.98. The van der Waals surface area contributed by atoms with Crippen molar-refractivity contribution in [1.82, 2.24) is 0 Å². The molecule has 2 N–H and O–H groups in total. The number of hydrogen-bond donors (Lipinski definition) is 1. The maximum Gasteiger partial charge on any atom is 0.0968 e. The van der Waals surface area contributed by atoms with Crippen LogP contribution in [0.4, 0.5) is 0 Å². The standard InChI is InChI=1S/C9H18N2OS/c1-13(12)7-6-11-9(10)8-4-2-3-5-8/h8H,2-7H2,1H3,(H2,10,11). The van der Waals surface area contributed by atoms with Crippen molar-refractivity contribution in [3.8, 4) is 0 Å². The van der Waals surface area contributed by atoms with Crippen LogP contribution in [0, 0.1) is 5.92 Å². The fourth-order valence-electron chi connectivity index (χ4n) is 1.65. The van der Waals surface area contributed by atoms with Crippen LogP contribution in [0.25, 0.3) is 0 Å². The van der Waals surface area contributed by atoms with Crippen LogP contribution < -0.4 is 5.73 Å². The lowest BCUT2D eigenvalue weighted by Gasteiger charge is -2.07. The molecule has 4 heteroatoms. The SMILES string of the molecule is CS(=O)CCN=C(N)C1CCCC1. The smallest absolute Gasteiger partial charge is 0.0968 e. The van der Waals surface area contributed by atoms with E-state index in [0.29, 0.717) is 18.2 Å². The largest absolute Gasteiger partial charge is 0.387 e. The molecular formula is C9H18N2OS. The molecule has 1 saturated carbocycles.